The van der Waals surface area contributed by atoms with Crippen molar-refractivity contribution in [2.24, 2.45) is 0 Å². The molecule has 1 aromatic carbocycles. The molecule has 0 atom stereocenters. The largest absolute Gasteiger partial charge is 0.345 e. The van der Waals surface area contributed by atoms with Crippen molar-refractivity contribution in [2.45, 2.75) is 19.9 Å². The van der Waals surface area contributed by atoms with Gasteiger partial charge in [0.15, 0.2) is 5.69 Å². The number of rotatable bonds is 6. The molecule has 2 N–H and O–H groups in total. The first kappa shape index (κ1) is 19.3. The third-order valence-corrected chi connectivity index (χ3v) is 4.77. The zero-order valence-electron chi connectivity index (χ0n) is 16.5. The predicted molar refractivity (Wildman–Crippen MR) is 114 cm³/mol. The molecule has 0 fully saturated rings. The van der Waals surface area contributed by atoms with Crippen molar-refractivity contribution in [3.05, 3.63) is 95.8 Å². The minimum atomic E-state index is -0.374. The first-order valence-electron chi connectivity index (χ1n) is 9.72. The second kappa shape index (κ2) is 8.57. The van der Waals surface area contributed by atoms with Crippen molar-refractivity contribution in [2.75, 3.05) is 5.32 Å². The van der Waals surface area contributed by atoms with Gasteiger partial charge in [0.25, 0.3) is 11.8 Å². The monoisotopic (exact) mass is 399 g/mol. The SMILES string of the molecule is CCc1ccccc1NC(=O)c1nc(C(=O)NCc2ccccn2)c2ccccn12. The molecule has 0 aliphatic carbocycles. The standard InChI is InChI=1S/C23H21N5O2/c1-2-16-9-3-4-11-18(16)26-23(30)21-27-20(19-12-6-8-14-28(19)21)22(29)25-15-17-10-5-7-13-24-17/h3-14H,2,15H2,1H3,(H,25,29)(H,26,30). The van der Waals surface area contributed by atoms with E-state index in [9.17, 15) is 9.59 Å². The molecule has 2 amide bonds. The number of benzene rings is 1. The second-order valence-corrected chi connectivity index (χ2v) is 6.71. The number of carbonyl (C=O) groups excluding carboxylic acids is 2. The topological polar surface area (TPSA) is 88.4 Å². The Morgan fingerprint density at radius 1 is 0.967 bits per heavy atom. The molecule has 30 heavy (non-hydrogen) atoms. The molecule has 0 spiro atoms. The number of fused-ring (bicyclic) bond motifs is 1. The minimum Gasteiger partial charge on any atom is -0.345 e. The molecule has 0 unspecified atom stereocenters. The lowest BCUT2D eigenvalue weighted by atomic mass is 10.1. The van der Waals surface area contributed by atoms with Gasteiger partial charge >= 0.3 is 0 Å². The molecule has 7 heteroatoms. The quantitative estimate of drug-likeness (QED) is 0.520. The fourth-order valence-corrected chi connectivity index (χ4v) is 3.25. The van der Waals surface area contributed by atoms with E-state index in [1.807, 2.05) is 49.4 Å². The Bertz CT molecular complexity index is 1200. The maximum absolute atomic E-state index is 13.0. The molecular formula is C23H21N5O2. The summed E-state index contributed by atoms with van der Waals surface area (Å²) in [5, 5.41) is 5.73. The molecule has 0 radical (unpaired) electrons. The van der Waals surface area contributed by atoms with Crippen LogP contribution in [0, 0.1) is 0 Å². The van der Waals surface area contributed by atoms with Gasteiger partial charge in [-0.3, -0.25) is 19.0 Å². The van der Waals surface area contributed by atoms with Crippen LogP contribution in [-0.2, 0) is 13.0 Å². The first-order chi connectivity index (χ1) is 14.7. The maximum atomic E-state index is 13.0. The van der Waals surface area contributed by atoms with Crippen LogP contribution >= 0.6 is 0 Å². The predicted octanol–water partition coefficient (Wildman–Crippen LogP) is 3.47. The van der Waals surface area contributed by atoms with Crippen molar-refractivity contribution >= 4 is 23.0 Å². The molecule has 0 aliphatic rings. The number of nitrogens with one attached hydrogen (secondary N) is 2. The van der Waals surface area contributed by atoms with Crippen LogP contribution in [-0.4, -0.2) is 26.2 Å². The van der Waals surface area contributed by atoms with E-state index in [-0.39, 0.29) is 29.9 Å². The van der Waals surface area contributed by atoms with Crippen molar-refractivity contribution in [3.8, 4) is 0 Å². The van der Waals surface area contributed by atoms with Crippen LogP contribution in [0.15, 0.2) is 73.1 Å². The fraction of sp³-hybridized carbons (Fsp3) is 0.130. The first-order valence-corrected chi connectivity index (χ1v) is 9.72. The molecule has 0 saturated carbocycles. The van der Waals surface area contributed by atoms with Gasteiger partial charge in [-0.2, -0.15) is 0 Å². The molecule has 3 aromatic heterocycles. The van der Waals surface area contributed by atoms with E-state index in [4.69, 9.17) is 0 Å². The number of hydrogen-bond acceptors (Lipinski definition) is 4. The lowest BCUT2D eigenvalue weighted by Gasteiger charge is -2.08. The minimum absolute atomic E-state index is 0.152. The van der Waals surface area contributed by atoms with Gasteiger partial charge in [-0.1, -0.05) is 37.3 Å². The summed E-state index contributed by atoms with van der Waals surface area (Å²) in [5.41, 5.74) is 3.26. The van der Waals surface area contributed by atoms with Crippen molar-refractivity contribution < 1.29 is 9.59 Å². The molecule has 7 nitrogen and oxygen atoms in total. The van der Waals surface area contributed by atoms with Crippen LogP contribution in [0.4, 0.5) is 5.69 Å². The van der Waals surface area contributed by atoms with Gasteiger partial charge in [-0.25, -0.2) is 4.98 Å². The summed E-state index contributed by atoms with van der Waals surface area (Å²) in [6.45, 7) is 2.30. The van der Waals surface area contributed by atoms with E-state index in [1.54, 1.807) is 35.0 Å². The van der Waals surface area contributed by atoms with Crippen molar-refractivity contribution in [3.63, 3.8) is 0 Å². The summed E-state index contributed by atoms with van der Waals surface area (Å²) < 4.78 is 1.62. The Hall–Kier alpha value is -4.00. The van der Waals surface area contributed by atoms with Gasteiger partial charge in [-0.05, 0) is 42.3 Å². The van der Waals surface area contributed by atoms with E-state index in [2.05, 4.69) is 20.6 Å². The highest BCUT2D eigenvalue weighted by molar-refractivity contribution is 6.06. The summed E-state index contributed by atoms with van der Waals surface area (Å²) in [6, 6.07) is 18.5. The van der Waals surface area contributed by atoms with Gasteiger partial charge in [0.1, 0.15) is 0 Å². The van der Waals surface area contributed by atoms with Crippen LogP contribution in [0.2, 0.25) is 0 Å². The highest BCUT2D eigenvalue weighted by Gasteiger charge is 2.22. The average Bonchev–Trinajstić information content (AvgIpc) is 3.18. The number of hydrogen-bond donors (Lipinski definition) is 2. The molecule has 4 rings (SSSR count). The summed E-state index contributed by atoms with van der Waals surface area (Å²) in [4.78, 5) is 34.3. The third-order valence-electron chi connectivity index (χ3n) is 4.77. The van der Waals surface area contributed by atoms with Crippen LogP contribution in [0.3, 0.4) is 0 Å². The molecule has 0 bridgehead atoms. The van der Waals surface area contributed by atoms with E-state index >= 15 is 0 Å². The summed E-state index contributed by atoms with van der Waals surface area (Å²) in [7, 11) is 0. The van der Waals surface area contributed by atoms with Crippen molar-refractivity contribution in [1.29, 1.82) is 0 Å². The Morgan fingerprint density at radius 3 is 2.57 bits per heavy atom. The van der Waals surface area contributed by atoms with Gasteiger partial charge in [0.05, 0.1) is 17.8 Å². The number of pyridine rings is 2. The third kappa shape index (κ3) is 3.91. The number of nitrogens with zero attached hydrogens (tertiary/aromatic N) is 3. The zero-order chi connectivity index (χ0) is 20.9. The number of para-hydroxylation sites is 1. The maximum Gasteiger partial charge on any atom is 0.292 e. The van der Waals surface area contributed by atoms with Crippen LogP contribution in [0.25, 0.3) is 5.52 Å². The van der Waals surface area contributed by atoms with Crippen molar-refractivity contribution in [1.82, 2.24) is 19.7 Å². The van der Waals surface area contributed by atoms with Gasteiger partial charge in [-0.15, -0.1) is 0 Å². The number of anilines is 1. The molecule has 4 aromatic rings. The van der Waals surface area contributed by atoms with E-state index in [1.165, 1.54) is 0 Å². The lowest BCUT2D eigenvalue weighted by Crippen LogP contribution is -2.24. The van der Waals surface area contributed by atoms with Crippen LogP contribution in [0.5, 0.6) is 0 Å². The number of carbonyl (C=O) groups is 2. The Morgan fingerprint density at radius 2 is 1.77 bits per heavy atom. The summed E-state index contributed by atoms with van der Waals surface area (Å²) in [6.07, 6.45) is 4.18. The number of imidazole rings is 1. The molecule has 0 saturated heterocycles. The fourth-order valence-electron chi connectivity index (χ4n) is 3.25. The normalized spacial score (nSPS) is 10.7. The Balaban J connectivity index is 1.62. The molecule has 150 valence electrons. The van der Waals surface area contributed by atoms with Gasteiger partial charge in [0.2, 0.25) is 5.82 Å². The van der Waals surface area contributed by atoms with E-state index in [0.717, 1.165) is 23.4 Å². The zero-order valence-corrected chi connectivity index (χ0v) is 16.5. The Labute approximate surface area is 173 Å². The molecular weight excluding hydrogens is 378 g/mol. The number of aromatic nitrogens is 3. The van der Waals surface area contributed by atoms with Crippen LogP contribution < -0.4 is 10.6 Å². The lowest BCUT2D eigenvalue weighted by molar-refractivity contribution is 0.0947. The highest BCUT2D eigenvalue weighted by atomic mass is 16.2. The summed E-state index contributed by atoms with van der Waals surface area (Å²) in [5.74, 6) is -0.585. The molecule has 0 aliphatic heterocycles. The average molecular weight is 399 g/mol. The van der Waals surface area contributed by atoms with Gasteiger partial charge in [0, 0.05) is 18.1 Å². The number of amides is 2. The number of aryl methyl sites for hydroxylation is 1. The molecule has 3 heterocycles. The van der Waals surface area contributed by atoms with Gasteiger partial charge < -0.3 is 10.6 Å². The second-order valence-electron chi connectivity index (χ2n) is 6.71. The van der Waals surface area contributed by atoms with E-state index < -0.39 is 0 Å². The highest BCUT2D eigenvalue weighted by Crippen LogP contribution is 2.18. The van der Waals surface area contributed by atoms with E-state index in [0.29, 0.717) is 5.52 Å². The van der Waals surface area contributed by atoms with Crippen LogP contribution in [0.1, 0.15) is 39.3 Å². The Kier molecular flexibility index (Phi) is 5.52. The summed E-state index contributed by atoms with van der Waals surface area (Å²) >= 11 is 0. The smallest absolute Gasteiger partial charge is 0.292 e.